The number of unbranched alkanes of at least 4 members (excludes halogenated alkanes) is 2. The van der Waals surface area contributed by atoms with Crippen LogP contribution in [-0.4, -0.2) is 194 Å². The SMILES string of the molecule is CCCCCOc1ccc(-c2ccc(-c3ccc(C(=O)NC4CC(O)C(OCCN)NC(=O)C5C(O)C(C)CN5C(=O)C(C(C)O)NC(=O)C(C(O)C(O)c5ccc(O)cc5)NC(=O)C(CCO)N(C)C(=O)CNC4=O)cc3)cc2)cc1. The first kappa shape index (κ1) is 63.6. The number of carbonyl (C=O) groups is 7. The van der Waals surface area contributed by atoms with Gasteiger partial charge >= 0.3 is 0 Å². The number of carbonyl (C=O) groups excluding carboxylic acids is 7. The minimum atomic E-state index is -2.25. The quantitative estimate of drug-likeness (QED) is 0.0562. The number of phenolic OH excluding ortho intramolecular Hbond substituents is 1. The van der Waals surface area contributed by atoms with Crippen LogP contribution < -0.4 is 37.1 Å². The van der Waals surface area contributed by atoms with Crippen LogP contribution in [0.4, 0.5) is 0 Å². The largest absolute Gasteiger partial charge is 0.508 e. The van der Waals surface area contributed by atoms with E-state index in [0.29, 0.717) is 6.61 Å². The number of nitrogens with two attached hydrogens (primary N) is 1. The Kier molecular flexibility index (Phi) is 23.2. The lowest BCUT2D eigenvalue weighted by atomic mass is 9.96. The standard InChI is InChI=1S/C58H76N8O16/c1-5-6-7-27-81-41-22-18-37(19-23-41)35-10-8-34(9-11-35)36-12-14-39(15-13-36)52(75)61-42-29-44(70)57(82-28-25-59)64-56(79)48-49(72)32(2)31-66(48)58(80)46(33(3)68)62-55(78)47(51(74)50(73)38-16-20-40(69)21-17-38)63-54(77)43(24-26-67)65(4)45(71)30-60-53(42)76/h8-23,32-33,42-44,46-51,57,67-70,72-74H,5-7,24-31,59H2,1-4H3,(H,60,76)(H,61,75)(H,62,78)(H,63,77)(H,64,79). The smallest absolute Gasteiger partial charge is 0.251 e. The van der Waals surface area contributed by atoms with Crippen LogP contribution in [0.2, 0.25) is 0 Å². The number of phenols is 1. The van der Waals surface area contributed by atoms with Crippen LogP contribution in [0.5, 0.6) is 11.5 Å². The van der Waals surface area contributed by atoms with Crippen molar-refractivity contribution in [1.82, 2.24) is 36.4 Å². The summed E-state index contributed by atoms with van der Waals surface area (Å²) in [7, 11) is 1.14. The highest BCUT2D eigenvalue weighted by atomic mass is 16.5. The first-order valence-corrected chi connectivity index (χ1v) is 27.3. The third kappa shape index (κ3) is 16.3. The van der Waals surface area contributed by atoms with Crippen molar-refractivity contribution in [1.29, 1.82) is 0 Å². The van der Waals surface area contributed by atoms with Gasteiger partial charge in [-0.15, -0.1) is 0 Å². The van der Waals surface area contributed by atoms with Crippen molar-refractivity contribution in [2.45, 2.75) is 120 Å². The molecule has 4 aromatic carbocycles. The van der Waals surface area contributed by atoms with Crippen molar-refractivity contribution in [3.8, 4) is 33.8 Å². The maximum atomic E-state index is 14.5. The van der Waals surface area contributed by atoms with Gasteiger partial charge in [0.2, 0.25) is 35.4 Å². The van der Waals surface area contributed by atoms with Crippen molar-refractivity contribution in [3.63, 3.8) is 0 Å². The zero-order chi connectivity index (χ0) is 59.8. The van der Waals surface area contributed by atoms with Crippen molar-refractivity contribution in [2.24, 2.45) is 11.7 Å². The molecule has 0 bridgehead atoms. The fraction of sp³-hybridized carbons (Fsp3) is 0.466. The predicted molar refractivity (Wildman–Crippen MR) is 298 cm³/mol. The first-order chi connectivity index (χ1) is 39.2. The van der Waals surface area contributed by atoms with Gasteiger partial charge in [-0.25, -0.2) is 0 Å². The van der Waals surface area contributed by atoms with Gasteiger partial charge in [0.25, 0.3) is 5.91 Å². The van der Waals surface area contributed by atoms with E-state index in [2.05, 4.69) is 33.5 Å². The third-order valence-corrected chi connectivity index (χ3v) is 14.5. The molecule has 12 atom stereocenters. The fourth-order valence-electron chi connectivity index (χ4n) is 9.64. The molecule has 2 saturated heterocycles. The predicted octanol–water partition coefficient (Wildman–Crippen LogP) is -0.446. The van der Waals surface area contributed by atoms with Gasteiger partial charge in [-0.05, 0) is 84.0 Å². The van der Waals surface area contributed by atoms with Crippen LogP contribution in [0, 0.1) is 5.92 Å². The highest BCUT2D eigenvalue weighted by Gasteiger charge is 2.49. The van der Waals surface area contributed by atoms with E-state index >= 15 is 0 Å². The normalized spacial score (nSPS) is 24.6. The van der Waals surface area contributed by atoms with Crippen molar-refractivity contribution in [3.05, 3.63) is 108 Å². The van der Waals surface area contributed by atoms with Gasteiger partial charge in [-0.2, -0.15) is 0 Å². The molecule has 6 rings (SSSR count). The van der Waals surface area contributed by atoms with E-state index in [1.807, 2.05) is 48.5 Å². The Bertz CT molecular complexity index is 2790. The molecule has 0 aliphatic carbocycles. The highest BCUT2D eigenvalue weighted by molar-refractivity contribution is 5.99. The molecule has 0 spiro atoms. The molecule has 444 valence electrons. The van der Waals surface area contributed by atoms with Crippen LogP contribution in [-0.2, 0) is 33.5 Å². The molecule has 0 saturated carbocycles. The second-order valence-corrected chi connectivity index (χ2v) is 20.5. The number of benzene rings is 4. The second-order valence-electron chi connectivity index (χ2n) is 20.5. The van der Waals surface area contributed by atoms with Gasteiger partial charge in [0, 0.05) is 44.6 Å². The summed E-state index contributed by atoms with van der Waals surface area (Å²) < 4.78 is 11.6. The van der Waals surface area contributed by atoms with E-state index in [1.165, 1.54) is 43.3 Å². The fourth-order valence-corrected chi connectivity index (χ4v) is 9.64. The minimum absolute atomic E-state index is 0.0487. The van der Waals surface area contributed by atoms with Crippen molar-refractivity contribution < 1.29 is 78.8 Å². The lowest BCUT2D eigenvalue weighted by molar-refractivity contribution is -0.149. The maximum absolute atomic E-state index is 14.5. The van der Waals surface area contributed by atoms with Crippen LogP contribution in [0.25, 0.3) is 22.3 Å². The lowest BCUT2D eigenvalue weighted by Gasteiger charge is -2.34. The molecule has 2 aliphatic rings. The van der Waals surface area contributed by atoms with Gasteiger partial charge < -0.3 is 87.3 Å². The van der Waals surface area contributed by atoms with Crippen molar-refractivity contribution >= 4 is 41.4 Å². The van der Waals surface area contributed by atoms with E-state index in [0.717, 1.165) is 71.0 Å². The Morgan fingerprint density at radius 3 is 1.93 bits per heavy atom. The third-order valence-electron chi connectivity index (χ3n) is 14.5. The van der Waals surface area contributed by atoms with Crippen LogP contribution in [0.1, 0.15) is 74.9 Å². The molecule has 14 N–H and O–H groups in total. The topological polar surface area (TPSA) is 372 Å². The number of likely N-dealkylation sites (N-methyl/N-ethyl adjacent to an activating group) is 1. The van der Waals surface area contributed by atoms with Gasteiger partial charge in [-0.1, -0.05) is 87.4 Å². The molecule has 2 fully saturated rings. The number of amides is 7. The average molecular weight is 1140 g/mol. The van der Waals surface area contributed by atoms with Crippen molar-refractivity contribution in [2.75, 3.05) is 46.5 Å². The summed E-state index contributed by atoms with van der Waals surface area (Å²) in [6.45, 7) is 3.07. The number of hydrogen-bond donors (Lipinski definition) is 13. The average Bonchev–Trinajstić information content (AvgIpc) is 4.05. The minimum Gasteiger partial charge on any atom is -0.508 e. The Hall–Kier alpha value is -7.55. The maximum Gasteiger partial charge on any atom is 0.251 e. The van der Waals surface area contributed by atoms with E-state index in [9.17, 15) is 69.3 Å². The van der Waals surface area contributed by atoms with Gasteiger partial charge in [0.05, 0.1) is 32.0 Å². The van der Waals surface area contributed by atoms with Crippen LogP contribution in [0.3, 0.4) is 0 Å². The van der Waals surface area contributed by atoms with Gasteiger partial charge in [-0.3, -0.25) is 33.6 Å². The molecule has 2 aliphatic heterocycles. The second kappa shape index (κ2) is 30.0. The molecule has 4 aromatic rings. The van der Waals surface area contributed by atoms with Gasteiger partial charge in [0.15, 0.2) is 6.23 Å². The molecule has 7 amide bonds. The summed E-state index contributed by atoms with van der Waals surface area (Å²) in [5.74, 6) is -7.82. The molecule has 12 unspecified atom stereocenters. The number of ether oxygens (including phenoxy) is 2. The summed E-state index contributed by atoms with van der Waals surface area (Å²) in [4.78, 5) is 101. The summed E-state index contributed by atoms with van der Waals surface area (Å²) in [5.41, 5.74) is 9.32. The first-order valence-electron chi connectivity index (χ1n) is 27.3. The number of rotatable bonds is 18. The Labute approximate surface area is 475 Å². The molecular weight excluding hydrogens is 1060 g/mol. The van der Waals surface area contributed by atoms with Gasteiger partial charge in [0.1, 0.15) is 60.0 Å². The van der Waals surface area contributed by atoms with Crippen LogP contribution in [0.15, 0.2) is 97.1 Å². The highest BCUT2D eigenvalue weighted by Crippen LogP contribution is 2.29. The molecule has 0 radical (unpaired) electrons. The summed E-state index contributed by atoms with van der Waals surface area (Å²) in [5, 5.41) is 89.2. The summed E-state index contributed by atoms with van der Waals surface area (Å²) >= 11 is 0. The van der Waals surface area contributed by atoms with Crippen LogP contribution >= 0.6 is 0 Å². The number of aliphatic hydroxyl groups excluding tert-OH is 6. The molecule has 24 heteroatoms. The lowest BCUT2D eigenvalue weighted by Crippen LogP contribution is -2.64. The molecule has 0 aromatic heterocycles. The zero-order valence-electron chi connectivity index (χ0n) is 46.2. The van der Waals surface area contributed by atoms with E-state index in [4.69, 9.17) is 15.2 Å². The number of nitrogens with one attached hydrogen (secondary N) is 5. The Balaban J connectivity index is 1.30. The number of aromatic hydroxyl groups is 1. The Morgan fingerprint density at radius 2 is 1.35 bits per heavy atom. The van der Waals surface area contributed by atoms with E-state index < -0.39 is 140 Å². The summed E-state index contributed by atoms with van der Waals surface area (Å²) in [6, 6.07) is 17.5. The number of fused-ring (bicyclic) bond motifs is 1. The number of nitrogens with zero attached hydrogens (tertiary/aromatic N) is 2. The van der Waals surface area contributed by atoms with E-state index in [1.54, 1.807) is 12.1 Å². The Morgan fingerprint density at radius 1 is 0.768 bits per heavy atom. The number of hydrogen-bond acceptors (Lipinski definition) is 17. The molecule has 2 heterocycles. The molecular formula is C58H76N8O16. The monoisotopic (exact) mass is 1140 g/mol. The number of aliphatic hydroxyl groups is 6. The zero-order valence-corrected chi connectivity index (χ0v) is 46.2. The summed E-state index contributed by atoms with van der Waals surface area (Å²) in [6.07, 6.45) is -9.19. The molecule has 24 nitrogen and oxygen atoms in total. The van der Waals surface area contributed by atoms with E-state index in [-0.39, 0.29) is 36.6 Å². The molecule has 82 heavy (non-hydrogen) atoms.